The third-order valence-electron chi connectivity index (χ3n) is 6.19. The van der Waals surface area contributed by atoms with Crippen molar-refractivity contribution in [1.29, 1.82) is 0 Å². The van der Waals surface area contributed by atoms with Gasteiger partial charge in [-0.2, -0.15) is 5.10 Å². The lowest BCUT2D eigenvalue weighted by atomic mass is 10.2. The molecule has 0 unspecified atom stereocenters. The van der Waals surface area contributed by atoms with Crippen LogP contribution < -0.4 is 9.64 Å². The molecule has 0 saturated carbocycles. The second-order valence-electron chi connectivity index (χ2n) is 8.29. The summed E-state index contributed by atoms with van der Waals surface area (Å²) in [5, 5.41) is 5.53. The average molecular weight is 476 g/mol. The molecule has 174 valence electrons. The number of rotatable bonds is 5. The first-order valence-corrected chi connectivity index (χ1v) is 11.6. The summed E-state index contributed by atoms with van der Waals surface area (Å²) >= 11 is 6.16. The van der Waals surface area contributed by atoms with Crippen LogP contribution in [0.25, 0.3) is 17.1 Å². The van der Waals surface area contributed by atoms with Gasteiger partial charge >= 0.3 is 0 Å². The molecule has 1 aliphatic rings. The summed E-state index contributed by atoms with van der Waals surface area (Å²) in [6, 6.07) is 21.3. The minimum atomic E-state index is -0.0329. The predicted octanol–water partition coefficient (Wildman–Crippen LogP) is 4.50. The minimum absolute atomic E-state index is 0.0329. The molecular weight excluding hydrogens is 450 g/mol. The molecule has 1 saturated heterocycles. The summed E-state index contributed by atoms with van der Waals surface area (Å²) in [6.45, 7) is 2.73. The summed E-state index contributed by atoms with van der Waals surface area (Å²) in [5.74, 6) is 0.720. The van der Waals surface area contributed by atoms with Crippen molar-refractivity contribution in [2.75, 3.05) is 38.2 Å². The minimum Gasteiger partial charge on any atom is -0.497 e. The fourth-order valence-electron chi connectivity index (χ4n) is 4.31. The number of halogens is 1. The van der Waals surface area contributed by atoms with Crippen molar-refractivity contribution in [3.63, 3.8) is 0 Å². The molecule has 3 heterocycles. The van der Waals surface area contributed by atoms with Crippen LogP contribution in [0.3, 0.4) is 0 Å². The van der Waals surface area contributed by atoms with Crippen molar-refractivity contribution >= 4 is 23.2 Å². The highest BCUT2D eigenvalue weighted by Crippen LogP contribution is 2.25. The van der Waals surface area contributed by atoms with Crippen LogP contribution in [-0.2, 0) is 7.05 Å². The van der Waals surface area contributed by atoms with Gasteiger partial charge in [0.1, 0.15) is 17.1 Å². The molecule has 1 amide bonds. The molecule has 1 fully saturated rings. The Hall–Kier alpha value is -3.71. The third-order valence-corrected chi connectivity index (χ3v) is 6.43. The number of anilines is 1. The highest BCUT2D eigenvalue weighted by molar-refractivity contribution is 6.30. The molecule has 2 aromatic heterocycles. The number of hydrogen-bond acceptors (Lipinski definition) is 4. The quantitative estimate of drug-likeness (QED) is 0.426. The second-order valence-corrected chi connectivity index (χ2v) is 8.72. The lowest BCUT2D eigenvalue weighted by Gasteiger charge is -2.36. The maximum atomic E-state index is 13.7. The number of piperazine rings is 1. The van der Waals surface area contributed by atoms with Crippen LogP contribution in [0.5, 0.6) is 5.75 Å². The van der Waals surface area contributed by atoms with Gasteiger partial charge in [-0.05, 0) is 60.7 Å². The number of nitrogens with zero attached hydrogens (tertiary/aromatic N) is 5. The Kier molecular flexibility index (Phi) is 6.02. The molecule has 34 heavy (non-hydrogen) atoms. The largest absolute Gasteiger partial charge is 0.497 e. The van der Waals surface area contributed by atoms with E-state index in [4.69, 9.17) is 21.4 Å². The first-order valence-electron chi connectivity index (χ1n) is 11.2. The van der Waals surface area contributed by atoms with E-state index in [1.807, 2.05) is 89.4 Å². The highest BCUT2D eigenvalue weighted by Gasteiger charge is 2.27. The number of carbonyl (C=O) groups is 1. The Labute approximate surface area is 203 Å². The summed E-state index contributed by atoms with van der Waals surface area (Å²) in [6.07, 6.45) is 1.97. The van der Waals surface area contributed by atoms with E-state index in [1.54, 1.807) is 11.8 Å². The van der Waals surface area contributed by atoms with Gasteiger partial charge in [-0.3, -0.25) is 4.79 Å². The Morgan fingerprint density at radius 3 is 2.35 bits per heavy atom. The Morgan fingerprint density at radius 1 is 0.941 bits per heavy atom. The normalized spacial score (nSPS) is 13.9. The molecular formula is C26H26ClN5O2. The topological polar surface area (TPSA) is 55.5 Å². The number of methoxy groups -OCH3 is 1. The van der Waals surface area contributed by atoms with Crippen molar-refractivity contribution in [2.45, 2.75) is 0 Å². The molecule has 8 heteroatoms. The van der Waals surface area contributed by atoms with Crippen molar-refractivity contribution in [2.24, 2.45) is 7.05 Å². The number of ether oxygens (including phenoxy) is 1. The van der Waals surface area contributed by atoms with Crippen LogP contribution in [0.4, 0.5) is 5.69 Å². The van der Waals surface area contributed by atoms with Gasteiger partial charge in [0.15, 0.2) is 0 Å². The molecule has 0 atom stereocenters. The number of aromatic nitrogens is 3. The molecule has 4 aromatic rings. The van der Waals surface area contributed by atoms with Crippen LogP contribution in [0.1, 0.15) is 10.5 Å². The summed E-state index contributed by atoms with van der Waals surface area (Å²) in [7, 11) is 3.60. The number of hydrogen-bond donors (Lipinski definition) is 0. The lowest BCUT2D eigenvalue weighted by molar-refractivity contribution is 0.0737. The summed E-state index contributed by atoms with van der Waals surface area (Å²) < 4.78 is 9.02. The van der Waals surface area contributed by atoms with E-state index in [-0.39, 0.29) is 5.91 Å². The van der Waals surface area contributed by atoms with Crippen molar-refractivity contribution < 1.29 is 9.53 Å². The molecule has 7 nitrogen and oxygen atoms in total. The Morgan fingerprint density at radius 2 is 1.71 bits per heavy atom. The monoisotopic (exact) mass is 475 g/mol. The van der Waals surface area contributed by atoms with E-state index in [1.165, 1.54) is 0 Å². The van der Waals surface area contributed by atoms with Gasteiger partial charge < -0.3 is 19.1 Å². The molecule has 0 bridgehead atoms. The van der Waals surface area contributed by atoms with Gasteiger partial charge in [0.05, 0.1) is 18.5 Å². The Bertz CT molecular complexity index is 1300. The van der Waals surface area contributed by atoms with E-state index in [0.29, 0.717) is 23.8 Å². The predicted molar refractivity (Wildman–Crippen MR) is 134 cm³/mol. The van der Waals surface area contributed by atoms with Gasteiger partial charge in [-0.1, -0.05) is 17.7 Å². The SMILES string of the molecule is COc1ccc(-n2nc(-c3cccn3C)cc2C(=O)N2CCN(c3cccc(Cl)c3)CC2)cc1. The first kappa shape index (κ1) is 22.1. The zero-order valence-corrected chi connectivity index (χ0v) is 19.9. The van der Waals surface area contributed by atoms with Crippen molar-refractivity contribution in [3.8, 4) is 22.8 Å². The third kappa shape index (κ3) is 4.26. The average Bonchev–Trinajstić information content (AvgIpc) is 3.50. The number of carbonyl (C=O) groups excluding carboxylic acids is 1. The molecule has 2 aromatic carbocycles. The van der Waals surface area contributed by atoms with E-state index in [2.05, 4.69) is 4.90 Å². The fourth-order valence-corrected chi connectivity index (χ4v) is 4.49. The van der Waals surface area contributed by atoms with Crippen LogP contribution in [0.15, 0.2) is 72.9 Å². The summed E-state index contributed by atoms with van der Waals surface area (Å²) in [4.78, 5) is 17.8. The molecule has 1 aliphatic heterocycles. The second kappa shape index (κ2) is 9.27. The highest BCUT2D eigenvalue weighted by atomic mass is 35.5. The van der Waals surface area contributed by atoms with Crippen LogP contribution in [-0.4, -0.2) is 58.4 Å². The number of aryl methyl sites for hydroxylation is 1. The van der Waals surface area contributed by atoms with Gasteiger partial charge in [0, 0.05) is 50.1 Å². The van der Waals surface area contributed by atoms with E-state index in [0.717, 1.165) is 41.6 Å². The summed E-state index contributed by atoms with van der Waals surface area (Å²) in [5.41, 5.74) is 4.13. The maximum Gasteiger partial charge on any atom is 0.272 e. The lowest BCUT2D eigenvalue weighted by Crippen LogP contribution is -2.49. The van der Waals surface area contributed by atoms with E-state index >= 15 is 0 Å². The molecule has 0 N–H and O–H groups in total. The first-order chi connectivity index (χ1) is 16.5. The fraction of sp³-hybridized carbons (Fsp3) is 0.231. The zero-order chi connectivity index (χ0) is 23.7. The van der Waals surface area contributed by atoms with Crippen molar-refractivity contribution in [1.82, 2.24) is 19.2 Å². The standard InChI is InChI=1S/C26H26ClN5O2/c1-29-12-4-7-24(29)23-18-25(32(28-23)20-8-10-22(34-2)11-9-20)26(33)31-15-13-30(14-16-31)21-6-3-5-19(27)17-21/h3-12,17-18H,13-16H2,1-2H3. The van der Waals surface area contributed by atoms with Gasteiger partial charge in [0.2, 0.25) is 0 Å². The zero-order valence-electron chi connectivity index (χ0n) is 19.2. The van der Waals surface area contributed by atoms with E-state index < -0.39 is 0 Å². The number of benzene rings is 2. The van der Waals surface area contributed by atoms with Gasteiger partial charge in [-0.15, -0.1) is 0 Å². The van der Waals surface area contributed by atoms with Crippen molar-refractivity contribution in [3.05, 3.63) is 83.6 Å². The van der Waals surface area contributed by atoms with Gasteiger partial charge in [0.25, 0.3) is 5.91 Å². The molecule has 0 aliphatic carbocycles. The maximum absolute atomic E-state index is 13.7. The molecule has 0 spiro atoms. The van der Waals surface area contributed by atoms with Gasteiger partial charge in [-0.25, -0.2) is 4.68 Å². The Balaban J connectivity index is 1.43. The molecule has 0 radical (unpaired) electrons. The van der Waals surface area contributed by atoms with Crippen LogP contribution in [0.2, 0.25) is 5.02 Å². The van der Waals surface area contributed by atoms with Crippen LogP contribution >= 0.6 is 11.6 Å². The molecule has 5 rings (SSSR count). The van der Waals surface area contributed by atoms with E-state index in [9.17, 15) is 4.79 Å². The smallest absolute Gasteiger partial charge is 0.272 e. The number of amides is 1. The van der Waals surface area contributed by atoms with Crippen LogP contribution in [0, 0.1) is 0 Å².